The van der Waals surface area contributed by atoms with Gasteiger partial charge in [-0.1, -0.05) is 24.3 Å². The first-order chi connectivity index (χ1) is 14.3. The van der Waals surface area contributed by atoms with Crippen LogP contribution in [-0.2, 0) is 12.7 Å². The molecule has 1 amide bonds. The first-order valence-electron chi connectivity index (χ1n) is 8.99. The Morgan fingerprint density at radius 2 is 1.77 bits per heavy atom. The summed E-state index contributed by atoms with van der Waals surface area (Å²) in [5, 5.41) is 2.67. The average molecular weight is 413 g/mol. The molecule has 8 heteroatoms. The Kier molecular flexibility index (Phi) is 4.99. The van der Waals surface area contributed by atoms with Crippen LogP contribution in [0.2, 0.25) is 0 Å². The third-order valence-electron chi connectivity index (χ3n) is 4.55. The van der Waals surface area contributed by atoms with Gasteiger partial charge in [0, 0.05) is 18.9 Å². The van der Waals surface area contributed by atoms with Crippen molar-refractivity contribution in [2.24, 2.45) is 0 Å². The molecule has 0 aliphatic carbocycles. The minimum absolute atomic E-state index is 0.139. The van der Waals surface area contributed by atoms with E-state index in [-0.39, 0.29) is 12.2 Å². The van der Waals surface area contributed by atoms with Crippen LogP contribution in [-0.4, -0.2) is 15.3 Å². The molecule has 0 saturated heterocycles. The second-order valence-corrected chi connectivity index (χ2v) is 6.70. The zero-order chi connectivity index (χ0) is 21.3. The van der Waals surface area contributed by atoms with E-state index in [9.17, 15) is 22.4 Å². The van der Waals surface area contributed by atoms with Gasteiger partial charge in [-0.15, -0.1) is 0 Å². The summed E-state index contributed by atoms with van der Waals surface area (Å²) in [5.74, 6) is -0.833. The first-order valence-corrected chi connectivity index (χ1v) is 8.99. The van der Waals surface area contributed by atoms with E-state index in [0.717, 1.165) is 12.1 Å². The van der Waals surface area contributed by atoms with Crippen molar-refractivity contribution in [2.45, 2.75) is 12.7 Å². The molecule has 1 N–H and O–H groups in total. The molecular weight excluding hydrogens is 398 g/mol. The second kappa shape index (κ2) is 7.62. The zero-order valence-electron chi connectivity index (χ0n) is 15.4. The number of hydrogen-bond donors (Lipinski definition) is 1. The lowest BCUT2D eigenvalue weighted by molar-refractivity contribution is -0.137. The van der Waals surface area contributed by atoms with Crippen LogP contribution in [0.15, 0.2) is 73.1 Å². The van der Waals surface area contributed by atoms with Crippen molar-refractivity contribution in [3.8, 4) is 11.1 Å². The molecule has 30 heavy (non-hydrogen) atoms. The highest BCUT2D eigenvalue weighted by molar-refractivity contribution is 5.92. The fourth-order valence-corrected chi connectivity index (χ4v) is 3.07. The number of imidazole rings is 1. The maximum atomic E-state index is 13.2. The summed E-state index contributed by atoms with van der Waals surface area (Å²) >= 11 is 0. The normalized spacial score (nSPS) is 11.6. The Morgan fingerprint density at radius 3 is 2.53 bits per heavy atom. The van der Waals surface area contributed by atoms with Gasteiger partial charge in [0.05, 0.1) is 5.56 Å². The number of hydrogen-bond acceptors (Lipinski definition) is 2. The molecule has 0 radical (unpaired) electrons. The minimum Gasteiger partial charge on any atom is -0.347 e. The molecular formula is C22H15F4N3O. The number of aromatic nitrogens is 2. The molecule has 0 aliphatic rings. The van der Waals surface area contributed by atoms with Crippen LogP contribution in [0.25, 0.3) is 16.8 Å². The van der Waals surface area contributed by atoms with Crippen LogP contribution >= 0.6 is 0 Å². The number of benzene rings is 2. The first kappa shape index (κ1) is 19.6. The third kappa shape index (κ3) is 4.17. The largest absolute Gasteiger partial charge is 0.416 e. The molecule has 0 fully saturated rings. The number of nitrogens with zero attached hydrogens (tertiary/aromatic N) is 2. The number of rotatable bonds is 4. The van der Waals surface area contributed by atoms with Crippen molar-refractivity contribution in [1.29, 1.82) is 0 Å². The zero-order valence-corrected chi connectivity index (χ0v) is 15.4. The third-order valence-corrected chi connectivity index (χ3v) is 4.55. The summed E-state index contributed by atoms with van der Waals surface area (Å²) in [6.45, 7) is 0.139. The summed E-state index contributed by atoms with van der Waals surface area (Å²) in [6.07, 6.45) is -1.32. The Morgan fingerprint density at radius 1 is 0.967 bits per heavy atom. The predicted molar refractivity (Wildman–Crippen MR) is 103 cm³/mol. The van der Waals surface area contributed by atoms with Crippen LogP contribution in [0.3, 0.4) is 0 Å². The van der Waals surface area contributed by atoms with Crippen molar-refractivity contribution in [1.82, 2.24) is 14.7 Å². The molecule has 152 valence electrons. The lowest BCUT2D eigenvalue weighted by atomic mass is 10.0. The van der Waals surface area contributed by atoms with E-state index < -0.39 is 23.5 Å². The van der Waals surface area contributed by atoms with Gasteiger partial charge in [-0.2, -0.15) is 13.2 Å². The summed E-state index contributed by atoms with van der Waals surface area (Å²) < 4.78 is 53.7. The van der Waals surface area contributed by atoms with Crippen LogP contribution < -0.4 is 5.32 Å². The molecule has 2 aromatic carbocycles. The second-order valence-electron chi connectivity index (χ2n) is 6.70. The Hall–Kier alpha value is -3.68. The molecule has 0 bridgehead atoms. The number of carbonyl (C=O) groups excluding carboxylic acids is 1. The highest BCUT2D eigenvalue weighted by Gasteiger charge is 2.30. The van der Waals surface area contributed by atoms with Crippen LogP contribution in [0.1, 0.15) is 21.6 Å². The monoisotopic (exact) mass is 413 g/mol. The standard InChI is InChI=1S/C22H15F4N3O/c23-18-6-1-3-14(9-18)11-27-21(30)19-13-29-12-16(7-8-20(29)28-19)15-4-2-5-17(10-15)22(24,25)26/h1-10,12-13H,11H2,(H,27,30). The molecule has 2 heterocycles. The quantitative estimate of drug-likeness (QED) is 0.474. The van der Waals surface area contributed by atoms with Gasteiger partial charge in [0.2, 0.25) is 0 Å². The maximum absolute atomic E-state index is 13.2. The smallest absolute Gasteiger partial charge is 0.347 e. The van der Waals surface area contributed by atoms with Crippen molar-refractivity contribution < 1.29 is 22.4 Å². The van der Waals surface area contributed by atoms with E-state index in [2.05, 4.69) is 10.3 Å². The van der Waals surface area contributed by atoms with Crippen molar-refractivity contribution in [2.75, 3.05) is 0 Å². The highest BCUT2D eigenvalue weighted by atomic mass is 19.4. The topological polar surface area (TPSA) is 46.4 Å². The summed E-state index contributed by atoms with van der Waals surface area (Å²) in [4.78, 5) is 16.6. The van der Waals surface area contributed by atoms with Gasteiger partial charge in [-0.3, -0.25) is 4.79 Å². The van der Waals surface area contributed by atoms with Crippen LogP contribution in [0, 0.1) is 5.82 Å². The molecule has 4 nitrogen and oxygen atoms in total. The minimum atomic E-state index is -4.43. The molecule has 2 aromatic heterocycles. The summed E-state index contributed by atoms with van der Waals surface area (Å²) in [6, 6.07) is 14.2. The number of amides is 1. The fraction of sp³-hybridized carbons (Fsp3) is 0.0909. The van der Waals surface area contributed by atoms with E-state index in [1.165, 1.54) is 24.4 Å². The van der Waals surface area contributed by atoms with E-state index in [4.69, 9.17) is 0 Å². The molecule has 4 rings (SSSR count). The van der Waals surface area contributed by atoms with Gasteiger partial charge in [0.15, 0.2) is 0 Å². The maximum Gasteiger partial charge on any atom is 0.416 e. The number of carbonyl (C=O) groups is 1. The van der Waals surface area contributed by atoms with Gasteiger partial charge in [-0.05, 0) is 53.1 Å². The molecule has 0 atom stereocenters. The average Bonchev–Trinajstić information content (AvgIpc) is 3.15. The van der Waals surface area contributed by atoms with Gasteiger partial charge >= 0.3 is 6.18 Å². The van der Waals surface area contributed by atoms with Gasteiger partial charge in [0.25, 0.3) is 5.91 Å². The molecule has 0 spiro atoms. The van der Waals surface area contributed by atoms with E-state index in [1.54, 1.807) is 40.9 Å². The van der Waals surface area contributed by atoms with Crippen molar-refractivity contribution in [3.63, 3.8) is 0 Å². The van der Waals surface area contributed by atoms with Gasteiger partial charge in [-0.25, -0.2) is 9.37 Å². The molecule has 4 aromatic rings. The number of pyridine rings is 1. The summed E-state index contributed by atoms with van der Waals surface area (Å²) in [7, 11) is 0. The Labute approximate surface area is 168 Å². The number of alkyl halides is 3. The van der Waals surface area contributed by atoms with Gasteiger partial charge < -0.3 is 9.72 Å². The highest BCUT2D eigenvalue weighted by Crippen LogP contribution is 2.32. The lowest BCUT2D eigenvalue weighted by Gasteiger charge is -2.09. The van der Waals surface area contributed by atoms with Crippen molar-refractivity contribution in [3.05, 3.63) is 95.7 Å². The number of halogens is 4. The predicted octanol–water partition coefficient (Wildman–Crippen LogP) is 5.09. The molecule has 0 aliphatic heterocycles. The van der Waals surface area contributed by atoms with E-state index in [1.807, 2.05) is 0 Å². The lowest BCUT2D eigenvalue weighted by Crippen LogP contribution is -2.23. The van der Waals surface area contributed by atoms with Gasteiger partial charge in [0.1, 0.15) is 17.2 Å². The number of nitrogens with one attached hydrogen (secondary N) is 1. The molecule has 0 unspecified atom stereocenters. The van der Waals surface area contributed by atoms with Crippen LogP contribution in [0.5, 0.6) is 0 Å². The van der Waals surface area contributed by atoms with E-state index in [0.29, 0.717) is 22.3 Å². The Balaban J connectivity index is 1.56. The fourth-order valence-electron chi connectivity index (χ4n) is 3.07. The Bertz CT molecular complexity index is 1230. The summed E-state index contributed by atoms with van der Waals surface area (Å²) in [5.41, 5.74) is 1.45. The SMILES string of the molecule is O=C(NCc1cccc(F)c1)c1cn2cc(-c3cccc(C(F)(F)F)c3)ccc2n1. The number of fused-ring (bicyclic) bond motifs is 1. The molecule has 0 saturated carbocycles. The van der Waals surface area contributed by atoms with Crippen molar-refractivity contribution >= 4 is 11.6 Å². The van der Waals surface area contributed by atoms with Crippen LogP contribution in [0.4, 0.5) is 17.6 Å². The van der Waals surface area contributed by atoms with E-state index >= 15 is 0 Å².